The molecule has 2 aliphatic rings. The summed E-state index contributed by atoms with van der Waals surface area (Å²) in [5.74, 6) is 0. The first-order chi connectivity index (χ1) is 20.0. The standard InChI is InChI=1S/C38H34N4/c1-10-41(20(2)3)23(7)29-12-11-26-16-33-27(18-39)17-32-25(9)42(21(4)5)24(8)30-13-14-31(38(33)37(30)32)35-28(19-40)15-22(6)34(29)36(26)35/h10-15,17,20-21H,1,7-9,16H2,2-6H3. The van der Waals surface area contributed by atoms with Crippen molar-refractivity contribution in [2.75, 3.05) is 0 Å². The molecule has 4 heteroatoms. The Morgan fingerprint density at radius 1 is 0.881 bits per heavy atom. The van der Waals surface area contributed by atoms with Gasteiger partial charge in [0.2, 0.25) is 0 Å². The molecule has 4 nitrogen and oxygen atoms in total. The summed E-state index contributed by atoms with van der Waals surface area (Å²) in [4.78, 5) is 4.23. The van der Waals surface area contributed by atoms with Crippen molar-refractivity contribution in [2.24, 2.45) is 0 Å². The molecule has 0 bridgehead atoms. The zero-order valence-corrected chi connectivity index (χ0v) is 25.0. The Balaban J connectivity index is 1.80. The molecule has 1 aliphatic heterocycles. The largest absolute Gasteiger partial charge is 0.346 e. The van der Waals surface area contributed by atoms with Crippen molar-refractivity contribution in [3.63, 3.8) is 0 Å². The van der Waals surface area contributed by atoms with E-state index in [1.165, 1.54) is 0 Å². The number of aryl methyl sites for hydroxylation is 1. The van der Waals surface area contributed by atoms with Crippen LogP contribution < -0.4 is 0 Å². The smallest absolute Gasteiger partial charge is 0.0998 e. The van der Waals surface area contributed by atoms with Crippen LogP contribution >= 0.6 is 0 Å². The second-order valence-corrected chi connectivity index (χ2v) is 11.9. The zero-order valence-electron chi connectivity index (χ0n) is 25.0. The van der Waals surface area contributed by atoms with E-state index < -0.39 is 0 Å². The summed E-state index contributed by atoms with van der Waals surface area (Å²) in [6.45, 7) is 28.0. The summed E-state index contributed by atoms with van der Waals surface area (Å²) in [7, 11) is 0. The Labute approximate surface area is 248 Å². The number of hydrogen-bond donors (Lipinski definition) is 0. The minimum atomic E-state index is 0.160. The van der Waals surface area contributed by atoms with Gasteiger partial charge in [-0.2, -0.15) is 10.5 Å². The zero-order chi connectivity index (χ0) is 30.2. The number of hydrogen-bond acceptors (Lipinski definition) is 4. The highest BCUT2D eigenvalue weighted by Gasteiger charge is 2.33. The third-order valence-corrected chi connectivity index (χ3v) is 8.93. The molecule has 1 aliphatic carbocycles. The fourth-order valence-corrected chi connectivity index (χ4v) is 7.19. The second kappa shape index (κ2) is 9.51. The van der Waals surface area contributed by atoms with E-state index >= 15 is 0 Å². The average molecular weight is 547 g/mol. The van der Waals surface area contributed by atoms with Crippen LogP contribution in [-0.2, 0) is 6.42 Å². The Kier molecular flexibility index (Phi) is 6.14. The maximum atomic E-state index is 10.5. The van der Waals surface area contributed by atoms with Gasteiger partial charge in [-0.15, -0.1) is 0 Å². The molecular formula is C38H34N4. The summed E-state index contributed by atoms with van der Waals surface area (Å²) in [5.41, 5.74) is 11.8. The maximum absolute atomic E-state index is 10.5. The minimum absolute atomic E-state index is 0.160. The molecule has 42 heavy (non-hydrogen) atoms. The van der Waals surface area contributed by atoms with Gasteiger partial charge in [-0.1, -0.05) is 50.6 Å². The van der Waals surface area contributed by atoms with Gasteiger partial charge in [0.25, 0.3) is 0 Å². The lowest BCUT2D eigenvalue weighted by Gasteiger charge is -2.38. The van der Waals surface area contributed by atoms with Crippen LogP contribution in [-0.4, -0.2) is 21.9 Å². The normalized spacial score (nSPS) is 13.4. The van der Waals surface area contributed by atoms with Gasteiger partial charge >= 0.3 is 0 Å². The first-order valence-corrected chi connectivity index (χ1v) is 14.4. The lowest BCUT2D eigenvalue weighted by atomic mass is 9.82. The monoisotopic (exact) mass is 546 g/mol. The van der Waals surface area contributed by atoms with Gasteiger partial charge in [0.15, 0.2) is 0 Å². The van der Waals surface area contributed by atoms with Crippen LogP contribution in [0.1, 0.15) is 72.2 Å². The van der Waals surface area contributed by atoms with Crippen molar-refractivity contribution in [1.82, 2.24) is 9.80 Å². The predicted molar refractivity (Wildman–Crippen MR) is 175 cm³/mol. The van der Waals surface area contributed by atoms with Gasteiger partial charge in [-0.25, -0.2) is 0 Å². The van der Waals surface area contributed by atoms with Crippen LogP contribution in [0.2, 0.25) is 0 Å². The highest BCUT2D eigenvalue weighted by atomic mass is 15.2. The fraction of sp³-hybridized carbons (Fsp3) is 0.211. The van der Waals surface area contributed by atoms with E-state index in [0.29, 0.717) is 17.5 Å². The average Bonchev–Trinajstić information content (AvgIpc) is 3.10. The van der Waals surface area contributed by atoms with Crippen molar-refractivity contribution >= 4 is 38.6 Å². The van der Waals surface area contributed by atoms with Gasteiger partial charge in [0.1, 0.15) is 0 Å². The van der Waals surface area contributed by atoms with E-state index in [1.807, 2.05) is 18.3 Å². The second-order valence-electron chi connectivity index (χ2n) is 11.9. The molecule has 206 valence electrons. The number of benzene rings is 4. The summed E-state index contributed by atoms with van der Waals surface area (Å²) in [6.07, 6.45) is 2.39. The van der Waals surface area contributed by atoms with Crippen LogP contribution in [0.4, 0.5) is 0 Å². The summed E-state index contributed by atoms with van der Waals surface area (Å²) in [5, 5.41) is 25.1. The molecule has 0 unspecified atom stereocenters. The lowest BCUT2D eigenvalue weighted by Crippen LogP contribution is -2.30. The molecule has 0 radical (unpaired) electrons. The summed E-state index contributed by atoms with van der Waals surface area (Å²) >= 11 is 0. The van der Waals surface area contributed by atoms with E-state index in [0.717, 1.165) is 83.1 Å². The predicted octanol–water partition coefficient (Wildman–Crippen LogP) is 9.11. The quantitative estimate of drug-likeness (QED) is 0.221. The molecule has 0 N–H and O–H groups in total. The highest BCUT2D eigenvalue weighted by Crippen LogP contribution is 2.51. The Morgan fingerprint density at radius 2 is 1.55 bits per heavy atom. The van der Waals surface area contributed by atoms with Gasteiger partial charge in [-0.05, 0) is 91.4 Å². The third kappa shape index (κ3) is 3.52. The van der Waals surface area contributed by atoms with Gasteiger partial charge < -0.3 is 9.80 Å². The van der Waals surface area contributed by atoms with Gasteiger partial charge in [0, 0.05) is 63.2 Å². The number of fused-ring (bicyclic) bond motifs is 1. The Bertz CT molecular complexity index is 2020. The van der Waals surface area contributed by atoms with Gasteiger partial charge in [-0.3, -0.25) is 0 Å². The number of nitriles is 2. The topological polar surface area (TPSA) is 54.1 Å². The van der Waals surface area contributed by atoms with Crippen molar-refractivity contribution in [2.45, 2.75) is 53.1 Å². The van der Waals surface area contributed by atoms with Crippen LogP contribution in [0.3, 0.4) is 0 Å². The molecule has 0 atom stereocenters. The van der Waals surface area contributed by atoms with Crippen molar-refractivity contribution in [3.05, 3.63) is 113 Å². The minimum Gasteiger partial charge on any atom is -0.346 e. The van der Waals surface area contributed by atoms with Crippen LogP contribution in [0.25, 0.3) is 49.8 Å². The first-order valence-electron chi connectivity index (χ1n) is 14.4. The molecule has 0 fully saturated rings. The van der Waals surface area contributed by atoms with E-state index in [-0.39, 0.29) is 12.1 Å². The summed E-state index contributed by atoms with van der Waals surface area (Å²) in [6, 6.07) is 17.9. The Hall–Kier alpha value is -5.06. The van der Waals surface area contributed by atoms with E-state index in [2.05, 4.69) is 107 Å². The molecular weight excluding hydrogens is 512 g/mol. The van der Waals surface area contributed by atoms with Crippen molar-refractivity contribution < 1.29 is 0 Å². The van der Waals surface area contributed by atoms with Crippen LogP contribution in [0.5, 0.6) is 0 Å². The third-order valence-electron chi connectivity index (χ3n) is 8.93. The molecule has 0 aromatic heterocycles. The fourth-order valence-electron chi connectivity index (χ4n) is 7.19. The summed E-state index contributed by atoms with van der Waals surface area (Å²) < 4.78 is 0. The number of nitrogens with zero attached hydrogens (tertiary/aromatic N) is 4. The molecule has 0 amide bonds. The first kappa shape index (κ1) is 27.1. The van der Waals surface area contributed by atoms with E-state index in [1.54, 1.807) is 0 Å². The van der Waals surface area contributed by atoms with Gasteiger partial charge in [0.05, 0.1) is 23.3 Å². The molecule has 6 rings (SSSR count). The van der Waals surface area contributed by atoms with Crippen LogP contribution in [0.15, 0.2) is 68.9 Å². The molecule has 4 aromatic carbocycles. The molecule has 0 saturated heterocycles. The van der Waals surface area contributed by atoms with Crippen LogP contribution in [0, 0.1) is 29.6 Å². The van der Waals surface area contributed by atoms with E-state index in [4.69, 9.17) is 0 Å². The maximum Gasteiger partial charge on any atom is 0.0998 e. The number of rotatable bonds is 5. The Morgan fingerprint density at radius 3 is 2.17 bits per heavy atom. The van der Waals surface area contributed by atoms with Crippen molar-refractivity contribution in [1.29, 1.82) is 10.5 Å². The molecule has 4 aromatic rings. The SMILES string of the molecule is C=CN(C(=C)c1ccc2c3c(c(C#N)cc(C)c13)-c1ccc3c4c(cc(C#N)c(c14)C2)C(=C)N(C(C)C)C3=C)C(C)C. The molecule has 0 spiro atoms. The lowest BCUT2D eigenvalue weighted by molar-refractivity contribution is 0.440. The van der Waals surface area contributed by atoms with Crippen molar-refractivity contribution in [3.8, 4) is 23.3 Å². The highest BCUT2D eigenvalue weighted by molar-refractivity contribution is 6.18. The molecule has 1 heterocycles. The van der Waals surface area contributed by atoms with E-state index in [9.17, 15) is 10.5 Å². The molecule has 0 saturated carbocycles.